The Morgan fingerprint density at radius 3 is 3.21 bits per heavy atom. The van der Waals surface area contributed by atoms with E-state index < -0.39 is 5.43 Å². The molecule has 0 aromatic heterocycles. The highest BCUT2D eigenvalue weighted by molar-refractivity contribution is 8.82. The molecule has 1 rings (SSSR count). The van der Waals surface area contributed by atoms with Gasteiger partial charge in [-0.1, -0.05) is 16.9 Å². The molecule has 1 aliphatic rings. The second-order valence-electron chi connectivity index (χ2n) is 2.44. The van der Waals surface area contributed by atoms with Crippen LogP contribution in [0.4, 0.5) is 4.79 Å². The van der Waals surface area contributed by atoms with E-state index in [1.165, 1.54) is 0 Å². The van der Waals surface area contributed by atoms with Crippen molar-refractivity contribution in [3.8, 4) is 0 Å². The highest BCUT2D eigenvalue weighted by Crippen LogP contribution is 2.26. The van der Waals surface area contributed by atoms with Crippen LogP contribution >= 0.6 is 33.2 Å². The van der Waals surface area contributed by atoms with E-state index in [-0.39, 0.29) is 0 Å². The van der Waals surface area contributed by atoms with Gasteiger partial charge in [0.25, 0.3) is 0 Å². The first-order valence-corrected chi connectivity index (χ1v) is 6.82. The van der Waals surface area contributed by atoms with E-state index in [0.29, 0.717) is 6.61 Å². The summed E-state index contributed by atoms with van der Waals surface area (Å²) >= 11 is 5.00. The van der Waals surface area contributed by atoms with Crippen molar-refractivity contribution in [2.45, 2.75) is 12.8 Å². The summed E-state index contributed by atoms with van der Waals surface area (Å²) in [4.78, 5) is 14.4. The van der Waals surface area contributed by atoms with Crippen molar-refractivity contribution in [2.24, 2.45) is 4.99 Å². The lowest BCUT2D eigenvalue weighted by Gasteiger charge is -2.05. The molecule has 0 saturated heterocycles. The largest absolute Gasteiger partial charge is 0.453 e. The Labute approximate surface area is 95.7 Å². The van der Waals surface area contributed by atoms with Crippen LogP contribution in [0.15, 0.2) is 17.3 Å². The fourth-order valence-corrected chi connectivity index (χ4v) is 2.80. The number of aliphatic imine (C=N–C) groups is 1. The summed E-state index contributed by atoms with van der Waals surface area (Å²) in [6, 6.07) is 0. The maximum atomic E-state index is 10.2. The lowest BCUT2D eigenvalue weighted by molar-refractivity contribution is 0.181. The Bertz CT molecular complexity index is 256. The van der Waals surface area contributed by atoms with Crippen molar-refractivity contribution in [2.75, 3.05) is 12.4 Å². The fourth-order valence-electron chi connectivity index (χ4n) is 0.811. The van der Waals surface area contributed by atoms with Crippen LogP contribution in [0.1, 0.15) is 12.8 Å². The third-order valence-electron chi connectivity index (χ3n) is 1.39. The molecule has 0 radical (unpaired) electrons. The molecule has 3 nitrogen and oxygen atoms in total. The maximum Gasteiger partial charge on any atom is 0.403 e. The average molecular weight is 252 g/mol. The summed E-state index contributed by atoms with van der Waals surface area (Å²) in [5, 5.41) is 1.12. The predicted molar refractivity (Wildman–Crippen MR) is 63.1 cm³/mol. The molecule has 6 heteroatoms. The molecule has 0 aliphatic carbocycles. The van der Waals surface area contributed by atoms with Gasteiger partial charge < -0.3 is 4.74 Å². The minimum absolute atomic E-state index is 0.350. The number of ether oxygens (including phenoxy) is 1. The highest BCUT2D eigenvalue weighted by Gasteiger charge is 2.03. The summed E-state index contributed by atoms with van der Waals surface area (Å²) in [6.45, 7) is 0.350. The standard InChI is InChI=1S/C8H10ClNO2S2/c9-8(11)12-5-6-13-14-7-3-1-2-4-10-7/h2,4H,1,3,5-6H2. The van der Waals surface area contributed by atoms with Crippen LogP contribution < -0.4 is 0 Å². The van der Waals surface area contributed by atoms with Gasteiger partial charge in [-0.05, 0) is 17.2 Å². The fraction of sp³-hybridized carbons (Fsp3) is 0.500. The van der Waals surface area contributed by atoms with Gasteiger partial charge in [0.15, 0.2) is 0 Å². The van der Waals surface area contributed by atoms with E-state index in [9.17, 15) is 4.79 Å². The molecule has 14 heavy (non-hydrogen) atoms. The lowest BCUT2D eigenvalue weighted by Crippen LogP contribution is -1.99. The van der Waals surface area contributed by atoms with E-state index in [2.05, 4.69) is 9.73 Å². The number of hydrogen-bond donors (Lipinski definition) is 0. The predicted octanol–water partition coefficient (Wildman–Crippen LogP) is 3.45. The lowest BCUT2D eigenvalue weighted by atomic mass is 10.3. The van der Waals surface area contributed by atoms with Gasteiger partial charge in [0, 0.05) is 30.0 Å². The van der Waals surface area contributed by atoms with Gasteiger partial charge in [-0.3, -0.25) is 4.99 Å². The number of rotatable bonds is 4. The monoisotopic (exact) mass is 251 g/mol. The first-order valence-electron chi connectivity index (χ1n) is 4.12. The molecule has 0 aromatic rings. The summed E-state index contributed by atoms with van der Waals surface area (Å²) in [7, 11) is 3.25. The second-order valence-corrected chi connectivity index (χ2v) is 5.24. The minimum atomic E-state index is -0.742. The Morgan fingerprint density at radius 2 is 2.57 bits per heavy atom. The highest BCUT2D eigenvalue weighted by atomic mass is 35.5. The van der Waals surface area contributed by atoms with E-state index in [4.69, 9.17) is 11.6 Å². The van der Waals surface area contributed by atoms with Crippen LogP contribution in [-0.2, 0) is 4.74 Å². The second kappa shape index (κ2) is 7.20. The normalized spacial score (nSPS) is 15.1. The van der Waals surface area contributed by atoms with Crippen LogP contribution in [0.2, 0.25) is 0 Å². The van der Waals surface area contributed by atoms with Crippen LogP contribution in [0.25, 0.3) is 0 Å². The van der Waals surface area contributed by atoms with Gasteiger partial charge >= 0.3 is 5.43 Å². The van der Waals surface area contributed by atoms with Crippen LogP contribution in [0.3, 0.4) is 0 Å². The molecule has 0 fully saturated rings. The third kappa shape index (κ3) is 5.57. The molecular weight excluding hydrogens is 242 g/mol. The Morgan fingerprint density at radius 1 is 1.71 bits per heavy atom. The average Bonchev–Trinajstić information content (AvgIpc) is 2.18. The van der Waals surface area contributed by atoms with E-state index in [1.54, 1.807) is 21.6 Å². The zero-order valence-corrected chi connectivity index (χ0v) is 9.83. The van der Waals surface area contributed by atoms with E-state index in [1.807, 2.05) is 12.3 Å². The van der Waals surface area contributed by atoms with E-state index in [0.717, 1.165) is 23.6 Å². The van der Waals surface area contributed by atoms with Crippen LogP contribution in [0, 0.1) is 0 Å². The van der Waals surface area contributed by atoms with Gasteiger partial charge in [-0.2, -0.15) is 0 Å². The first-order chi connectivity index (χ1) is 6.79. The Balaban J connectivity index is 2.01. The van der Waals surface area contributed by atoms with Crippen LogP contribution in [-0.4, -0.2) is 22.8 Å². The molecule has 0 bridgehead atoms. The van der Waals surface area contributed by atoms with Gasteiger partial charge in [0.1, 0.15) is 6.61 Å². The van der Waals surface area contributed by atoms with Crippen molar-refractivity contribution in [3.05, 3.63) is 12.3 Å². The molecule has 1 heterocycles. The molecule has 0 saturated carbocycles. The van der Waals surface area contributed by atoms with Crippen molar-refractivity contribution in [1.29, 1.82) is 0 Å². The van der Waals surface area contributed by atoms with Gasteiger partial charge in [0.2, 0.25) is 0 Å². The number of carbonyl (C=O) groups is 1. The zero-order valence-electron chi connectivity index (χ0n) is 7.44. The molecular formula is C8H10ClNO2S2. The number of allylic oxidation sites excluding steroid dienone is 1. The maximum absolute atomic E-state index is 10.2. The molecule has 0 aromatic carbocycles. The molecule has 0 atom stereocenters. The van der Waals surface area contributed by atoms with Crippen molar-refractivity contribution in [1.82, 2.24) is 0 Å². The van der Waals surface area contributed by atoms with E-state index >= 15 is 0 Å². The summed E-state index contributed by atoms with van der Waals surface area (Å²) in [5.41, 5.74) is -0.742. The Kier molecular flexibility index (Phi) is 6.14. The topological polar surface area (TPSA) is 38.7 Å². The molecule has 1 aliphatic heterocycles. The SMILES string of the molecule is O=C(Cl)OCCSSC1=NC=CCC1. The minimum Gasteiger partial charge on any atom is -0.453 e. The third-order valence-corrected chi connectivity index (χ3v) is 3.88. The molecule has 78 valence electrons. The Hall–Kier alpha value is -0.130. The molecule has 0 unspecified atom stereocenters. The summed E-state index contributed by atoms with van der Waals surface area (Å²) < 4.78 is 4.57. The zero-order chi connectivity index (χ0) is 10.2. The van der Waals surface area contributed by atoms with Crippen molar-refractivity contribution < 1.29 is 9.53 Å². The summed E-state index contributed by atoms with van der Waals surface area (Å²) in [6.07, 6.45) is 5.93. The van der Waals surface area contributed by atoms with Crippen LogP contribution in [0.5, 0.6) is 0 Å². The number of hydrogen-bond acceptors (Lipinski definition) is 5. The molecule has 0 spiro atoms. The van der Waals surface area contributed by atoms with Crippen molar-refractivity contribution >= 4 is 43.7 Å². The van der Waals surface area contributed by atoms with Gasteiger partial charge in [-0.15, -0.1) is 0 Å². The van der Waals surface area contributed by atoms with Gasteiger partial charge in [-0.25, -0.2) is 4.79 Å². The molecule has 0 N–H and O–H groups in total. The number of carbonyl (C=O) groups excluding carboxylic acids is 1. The molecule has 0 amide bonds. The number of nitrogens with zero attached hydrogens (tertiary/aromatic N) is 1. The quantitative estimate of drug-likeness (QED) is 0.436. The number of halogens is 1. The van der Waals surface area contributed by atoms with Gasteiger partial charge in [0.05, 0.1) is 5.04 Å². The smallest absolute Gasteiger partial charge is 0.403 e. The summed E-state index contributed by atoms with van der Waals surface area (Å²) in [5.74, 6) is 0.728. The first kappa shape index (κ1) is 11.9. The van der Waals surface area contributed by atoms with Crippen molar-refractivity contribution in [3.63, 3.8) is 0 Å².